The van der Waals surface area contributed by atoms with E-state index in [2.05, 4.69) is 14.9 Å². The lowest BCUT2D eigenvalue weighted by atomic mass is 10.2. The van der Waals surface area contributed by atoms with E-state index < -0.39 is 47.7 Å². The minimum absolute atomic E-state index is 0.149. The van der Waals surface area contributed by atoms with Crippen molar-refractivity contribution in [1.82, 2.24) is 19.6 Å². The Kier molecular flexibility index (Phi) is 19.1. The van der Waals surface area contributed by atoms with E-state index >= 15 is 0 Å². The first kappa shape index (κ1) is 36.5. The largest absolute Gasteiger partial charge is 0.478 e. The van der Waals surface area contributed by atoms with Crippen molar-refractivity contribution in [3.63, 3.8) is 0 Å². The lowest BCUT2D eigenvalue weighted by Gasteiger charge is -2.10. The van der Waals surface area contributed by atoms with Crippen LogP contribution in [0.25, 0.3) is 0 Å². The highest BCUT2D eigenvalue weighted by molar-refractivity contribution is 5.90. The molecule has 1 unspecified atom stereocenters. The zero-order chi connectivity index (χ0) is 28.5. The maximum atomic E-state index is 12.8. The predicted molar refractivity (Wildman–Crippen MR) is 118 cm³/mol. The number of hydrogen-bond donors (Lipinski definition) is 1. The second-order valence-electron chi connectivity index (χ2n) is 5.43. The number of alkyl halides is 6. The molecule has 0 fully saturated rings. The summed E-state index contributed by atoms with van der Waals surface area (Å²) in [6, 6.07) is 0. The van der Waals surface area contributed by atoms with Crippen LogP contribution in [0.5, 0.6) is 0 Å². The Balaban J connectivity index is -0.000000482. The SMILES string of the molecule is CC.CC.CC.CCOC(=O)c1cn(C)nc1C(F)F.Cn1cc(C(=O)O)c(C(F)C(F)(F)F)n1. The Morgan fingerprint density at radius 1 is 0.914 bits per heavy atom. The van der Waals surface area contributed by atoms with Crippen LogP contribution in [0.3, 0.4) is 0 Å². The van der Waals surface area contributed by atoms with Crippen molar-refractivity contribution in [2.45, 2.75) is 67.2 Å². The number of ether oxygens (including phenoxy) is 1. The van der Waals surface area contributed by atoms with Gasteiger partial charge in [0.1, 0.15) is 22.5 Å². The molecule has 0 saturated heterocycles. The molecule has 0 aliphatic rings. The van der Waals surface area contributed by atoms with E-state index in [1.165, 1.54) is 20.3 Å². The maximum absolute atomic E-state index is 12.8. The molecule has 0 aliphatic heterocycles. The zero-order valence-electron chi connectivity index (χ0n) is 21.2. The summed E-state index contributed by atoms with van der Waals surface area (Å²) in [5, 5.41) is 15.1. The van der Waals surface area contributed by atoms with E-state index in [1.807, 2.05) is 41.5 Å². The topological polar surface area (TPSA) is 99.2 Å². The summed E-state index contributed by atoms with van der Waals surface area (Å²) in [5.74, 6) is -2.42. The van der Waals surface area contributed by atoms with E-state index in [1.54, 1.807) is 6.92 Å². The number of carbonyl (C=O) groups is 2. The lowest BCUT2D eigenvalue weighted by molar-refractivity contribution is -0.184. The molecule has 2 aromatic heterocycles. The number of esters is 1. The van der Waals surface area contributed by atoms with E-state index in [0.29, 0.717) is 0 Å². The summed E-state index contributed by atoms with van der Waals surface area (Å²) in [5.41, 5.74) is -2.63. The van der Waals surface area contributed by atoms with Crippen LogP contribution in [0.15, 0.2) is 12.4 Å². The molecule has 0 saturated carbocycles. The molecular weight excluding hydrogens is 486 g/mol. The van der Waals surface area contributed by atoms with Gasteiger partial charge in [-0.05, 0) is 6.92 Å². The predicted octanol–water partition coefficient (Wildman–Crippen LogP) is 6.30. The summed E-state index contributed by atoms with van der Waals surface area (Å²) in [6.45, 7) is 13.8. The van der Waals surface area contributed by atoms with E-state index in [4.69, 9.17) is 5.11 Å². The molecule has 35 heavy (non-hydrogen) atoms. The van der Waals surface area contributed by atoms with Crippen LogP contribution in [-0.4, -0.2) is 49.4 Å². The number of rotatable bonds is 5. The van der Waals surface area contributed by atoms with Crippen molar-refractivity contribution in [3.8, 4) is 0 Å². The number of aromatic carboxylic acids is 1. The van der Waals surface area contributed by atoms with Crippen LogP contribution in [0.4, 0.5) is 26.3 Å². The molecule has 0 aromatic carbocycles. The van der Waals surface area contributed by atoms with Crippen molar-refractivity contribution >= 4 is 11.9 Å². The van der Waals surface area contributed by atoms with Gasteiger partial charge in [0.25, 0.3) is 6.43 Å². The number of aromatic nitrogens is 4. The number of nitrogens with zero attached hydrogens (tertiary/aromatic N) is 4. The van der Waals surface area contributed by atoms with Gasteiger partial charge in [-0.25, -0.2) is 22.8 Å². The third-order valence-corrected chi connectivity index (χ3v) is 3.17. The van der Waals surface area contributed by atoms with Crippen molar-refractivity contribution in [3.05, 3.63) is 34.9 Å². The first-order valence-corrected chi connectivity index (χ1v) is 10.8. The van der Waals surface area contributed by atoms with Crippen molar-refractivity contribution in [2.24, 2.45) is 14.1 Å². The normalized spacial score (nSPS) is 10.7. The lowest BCUT2D eigenvalue weighted by Crippen LogP contribution is -2.19. The molecule has 204 valence electrons. The number of aryl methyl sites for hydroxylation is 2. The Morgan fingerprint density at radius 2 is 1.31 bits per heavy atom. The fourth-order valence-corrected chi connectivity index (χ4v) is 2.05. The van der Waals surface area contributed by atoms with Crippen LogP contribution in [0, 0.1) is 0 Å². The maximum Gasteiger partial charge on any atom is 0.425 e. The molecule has 0 bridgehead atoms. The molecule has 2 rings (SSSR count). The van der Waals surface area contributed by atoms with Crippen LogP contribution in [0.2, 0.25) is 0 Å². The van der Waals surface area contributed by atoms with Crippen molar-refractivity contribution in [1.29, 1.82) is 0 Å². The first-order chi connectivity index (χ1) is 16.3. The number of halogens is 6. The van der Waals surface area contributed by atoms with Crippen LogP contribution < -0.4 is 0 Å². The summed E-state index contributed by atoms with van der Waals surface area (Å²) in [6.07, 6.45) is -9.27. The molecule has 0 amide bonds. The third kappa shape index (κ3) is 12.3. The minimum Gasteiger partial charge on any atom is -0.478 e. The minimum atomic E-state index is -5.15. The molecule has 0 radical (unpaired) electrons. The molecular formula is C21H34F6N4O4. The number of carboxylic acid groups (broad SMARTS) is 1. The fraction of sp³-hybridized carbons (Fsp3) is 0.619. The Morgan fingerprint density at radius 3 is 1.66 bits per heavy atom. The smallest absolute Gasteiger partial charge is 0.425 e. The van der Waals surface area contributed by atoms with Gasteiger partial charge in [-0.2, -0.15) is 23.4 Å². The average molecular weight is 521 g/mol. The van der Waals surface area contributed by atoms with Gasteiger partial charge in [0, 0.05) is 26.5 Å². The van der Waals surface area contributed by atoms with Gasteiger partial charge in [-0.15, -0.1) is 0 Å². The van der Waals surface area contributed by atoms with Crippen LogP contribution in [0.1, 0.15) is 93.2 Å². The molecule has 1 atom stereocenters. The molecule has 2 heterocycles. The van der Waals surface area contributed by atoms with Gasteiger partial charge in [0.05, 0.1) is 6.61 Å². The zero-order valence-corrected chi connectivity index (χ0v) is 21.2. The summed E-state index contributed by atoms with van der Waals surface area (Å²) in [7, 11) is 2.67. The third-order valence-electron chi connectivity index (χ3n) is 3.17. The van der Waals surface area contributed by atoms with E-state index in [-0.39, 0.29) is 12.2 Å². The van der Waals surface area contributed by atoms with E-state index in [9.17, 15) is 35.9 Å². The van der Waals surface area contributed by atoms with Gasteiger partial charge in [0.2, 0.25) is 6.17 Å². The van der Waals surface area contributed by atoms with Crippen LogP contribution in [-0.2, 0) is 18.8 Å². The van der Waals surface area contributed by atoms with Gasteiger partial charge >= 0.3 is 18.1 Å². The number of carboxylic acids is 1. The van der Waals surface area contributed by atoms with Crippen LogP contribution >= 0.6 is 0 Å². The standard InChI is InChI=1S/C8H10F2N2O2.C7H6F4N2O2.3C2H6/c1-3-14-8(13)5-4-12(2)11-6(5)7(9)10;1-13-2-3(6(14)15)4(12-13)5(8)7(9,10)11;3*1-2/h4,7H,3H2,1-2H3;2,5H,1H3,(H,14,15);3*1-2H3. The molecule has 1 N–H and O–H groups in total. The molecule has 14 heteroatoms. The monoisotopic (exact) mass is 520 g/mol. The first-order valence-electron chi connectivity index (χ1n) is 10.8. The summed E-state index contributed by atoms with van der Waals surface area (Å²) < 4.78 is 80.0. The highest BCUT2D eigenvalue weighted by Gasteiger charge is 2.45. The highest BCUT2D eigenvalue weighted by Crippen LogP contribution is 2.36. The van der Waals surface area contributed by atoms with E-state index in [0.717, 1.165) is 15.6 Å². The number of carbonyl (C=O) groups excluding carboxylic acids is 1. The molecule has 2 aromatic rings. The molecule has 0 aliphatic carbocycles. The summed E-state index contributed by atoms with van der Waals surface area (Å²) in [4.78, 5) is 21.7. The molecule has 8 nitrogen and oxygen atoms in total. The van der Waals surface area contributed by atoms with Crippen molar-refractivity contribution < 1.29 is 45.8 Å². The quantitative estimate of drug-likeness (QED) is 0.367. The summed E-state index contributed by atoms with van der Waals surface area (Å²) >= 11 is 0. The highest BCUT2D eigenvalue weighted by atomic mass is 19.4. The second kappa shape index (κ2) is 18.3. The average Bonchev–Trinajstić information content (AvgIpc) is 3.40. The van der Waals surface area contributed by atoms with Gasteiger partial charge < -0.3 is 9.84 Å². The Labute approximate surface area is 200 Å². The van der Waals surface area contributed by atoms with Gasteiger partial charge in [-0.1, -0.05) is 41.5 Å². The second-order valence-corrected chi connectivity index (χ2v) is 5.43. The Bertz CT molecular complexity index is 867. The fourth-order valence-electron chi connectivity index (χ4n) is 2.05. The van der Waals surface area contributed by atoms with Gasteiger partial charge in [0.15, 0.2) is 0 Å². The van der Waals surface area contributed by atoms with Gasteiger partial charge in [-0.3, -0.25) is 9.36 Å². The Hall–Kier alpha value is -3.06. The number of hydrogen-bond acceptors (Lipinski definition) is 5. The molecule has 0 spiro atoms. The van der Waals surface area contributed by atoms with Crippen molar-refractivity contribution in [2.75, 3.05) is 6.61 Å².